The van der Waals surface area contributed by atoms with Gasteiger partial charge in [-0.25, -0.2) is 4.98 Å². The molecule has 0 saturated carbocycles. The van der Waals surface area contributed by atoms with E-state index in [1.165, 1.54) is 6.33 Å². The van der Waals surface area contributed by atoms with E-state index in [2.05, 4.69) is 34.3 Å². The maximum absolute atomic E-state index is 11.6. The van der Waals surface area contributed by atoms with E-state index < -0.39 is 0 Å². The third-order valence-electron chi connectivity index (χ3n) is 2.77. The van der Waals surface area contributed by atoms with E-state index in [9.17, 15) is 4.79 Å². The Morgan fingerprint density at radius 1 is 1.53 bits per heavy atom. The van der Waals surface area contributed by atoms with Crippen molar-refractivity contribution < 1.29 is 4.79 Å². The molecule has 0 aliphatic carbocycles. The summed E-state index contributed by atoms with van der Waals surface area (Å²) in [6, 6.07) is 0. The van der Waals surface area contributed by atoms with Gasteiger partial charge >= 0.3 is 0 Å². The summed E-state index contributed by atoms with van der Waals surface area (Å²) in [5, 5.41) is 9.20. The lowest BCUT2D eigenvalue weighted by atomic mass is 9.84. The van der Waals surface area contributed by atoms with Gasteiger partial charge in [-0.05, 0) is 24.8 Å². The first kappa shape index (κ1) is 13.6. The van der Waals surface area contributed by atoms with Crippen molar-refractivity contribution in [2.24, 2.45) is 11.1 Å². The van der Waals surface area contributed by atoms with Crippen LogP contribution in [-0.4, -0.2) is 27.6 Å². The van der Waals surface area contributed by atoms with Crippen LogP contribution in [0.25, 0.3) is 0 Å². The summed E-state index contributed by atoms with van der Waals surface area (Å²) in [6.07, 6.45) is 3.71. The smallest absolute Gasteiger partial charge is 0.220 e. The van der Waals surface area contributed by atoms with Crippen molar-refractivity contribution in [3.63, 3.8) is 0 Å². The molecule has 0 aromatic carbocycles. The standard InChI is InChI=1S/C11H21N5O/c1-11(2,5-6-12)4-3-10(17)13-7-9-14-8-15-16-9/h8H,3-7,12H2,1-2H3,(H,13,17)(H,14,15,16). The number of carbonyl (C=O) groups excluding carboxylic acids is 1. The van der Waals surface area contributed by atoms with E-state index >= 15 is 0 Å². The average molecular weight is 239 g/mol. The van der Waals surface area contributed by atoms with Gasteiger partial charge in [0, 0.05) is 6.42 Å². The van der Waals surface area contributed by atoms with E-state index in [1.807, 2.05) is 0 Å². The first-order valence-electron chi connectivity index (χ1n) is 5.84. The molecule has 0 spiro atoms. The van der Waals surface area contributed by atoms with Crippen molar-refractivity contribution in [2.45, 2.75) is 39.7 Å². The Hall–Kier alpha value is -1.43. The zero-order valence-electron chi connectivity index (χ0n) is 10.5. The Labute approximate surface area is 101 Å². The van der Waals surface area contributed by atoms with Crippen molar-refractivity contribution in [1.82, 2.24) is 20.5 Å². The molecule has 96 valence electrons. The Bertz CT molecular complexity index is 334. The molecule has 0 radical (unpaired) electrons. The van der Waals surface area contributed by atoms with Gasteiger partial charge in [-0.2, -0.15) is 5.10 Å². The zero-order valence-corrected chi connectivity index (χ0v) is 10.5. The van der Waals surface area contributed by atoms with Gasteiger partial charge in [0.05, 0.1) is 6.54 Å². The predicted octanol–water partition coefficient (Wildman–Crippen LogP) is 0.576. The molecule has 1 aromatic heterocycles. The van der Waals surface area contributed by atoms with E-state index in [0.29, 0.717) is 25.3 Å². The quantitative estimate of drug-likeness (QED) is 0.648. The number of rotatable bonds is 7. The van der Waals surface area contributed by atoms with Crippen LogP contribution in [0.15, 0.2) is 6.33 Å². The van der Waals surface area contributed by atoms with Crippen molar-refractivity contribution in [2.75, 3.05) is 6.54 Å². The largest absolute Gasteiger partial charge is 0.349 e. The molecule has 0 atom stereocenters. The number of aromatic nitrogens is 3. The highest BCUT2D eigenvalue weighted by atomic mass is 16.1. The molecule has 0 aliphatic heterocycles. The Morgan fingerprint density at radius 3 is 2.88 bits per heavy atom. The molecule has 0 unspecified atom stereocenters. The molecule has 0 fully saturated rings. The Morgan fingerprint density at radius 2 is 2.29 bits per heavy atom. The summed E-state index contributed by atoms with van der Waals surface area (Å²) >= 11 is 0. The van der Waals surface area contributed by atoms with Crippen LogP contribution < -0.4 is 11.1 Å². The highest BCUT2D eigenvalue weighted by molar-refractivity contribution is 5.75. The maximum atomic E-state index is 11.6. The molecule has 4 N–H and O–H groups in total. The lowest BCUT2D eigenvalue weighted by Gasteiger charge is -2.23. The number of hydrogen-bond acceptors (Lipinski definition) is 4. The first-order chi connectivity index (χ1) is 8.03. The van der Waals surface area contributed by atoms with Crippen LogP contribution in [0.5, 0.6) is 0 Å². The normalized spacial score (nSPS) is 11.5. The number of nitrogens with zero attached hydrogens (tertiary/aromatic N) is 2. The lowest BCUT2D eigenvalue weighted by molar-refractivity contribution is -0.121. The zero-order chi connectivity index (χ0) is 12.7. The van der Waals surface area contributed by atoms with Gasteiger partial charge in [0.25, 0.3) is 0 Å². The van der Waals surface area contributed by atoms with Crippen LogP contribution in [0.4, 0.5) is 0 Å². The molecular weight excluding hydrogens is 218 g/mol. The number of amides is 1. The molecular formula is C11H21N5O. The van der Waals surface area contributed by atoms with E-state index in [4.69, 9.17) is 5.73 Å². The molecule has 0 bridgehead atoms. The SMILES string of the molecule is CC(C)(CCN)CCC(=O)NCc1ncn[nH]1. The van der Waals surface area contributed by atoms with Crippen LogP contribution >= 0.6 is 0 Å². The summed E-state index contributed by atoms with van der Waals surface area (Å²) in [7, 11) is 0. The van der Waals surface area contributed by atoms with Crippen LogP contribution in [0.2, 0.25) is 0 Å². The number of nitrogens with one attached hydrogen (secondary N) is 2. The molecule has 1 aromatic rings. The first-order valence-corrected chi connectivity index (χ1v) is 5.84. The molecule has 1 amide bonds. The van der Waals surface area contributed by atoms with Gasteiger partial charge < -0.3 is 11.1 Å². The third kappa shape index (κ3) is 5.44. The summed E-state index contributed by atoms with van der Waals surface area (Å²) in [6.45, 7) is 5.32. The van der Waals surface area contributed by atoms with Crippen LogP contribution in [0, 0.1) is 5.41 Å². The molecule has 6 nitrogen and oxygen atoms in total. The Balaban J connectivity index is 2.21. The second-order valence-corrected chi connectivity index (χ2v) is 4.91. The fraction of sp³-hybridized carbons (Fsp3) is 0.727. The molecule has 1 rings (SSSR count). The van der Waals surface area contributed by atoms with Crippen molar-refractivity contribution in [1.29, 1.82) is 0 Å². The molecule has 17 heavy (non-hydrogen) atoms. The van der Waals surface area contributed by atoms with Crippen LogP contribution in [-0.2, 0) is 11.3 Å². The molecule has 1 heterocycles. The fourth-order valence-electron chi connectivity index (χ4n) is 1.55. The second kappa shape index (κ2) is 6.34. The van der Waals surface area contributed by atoms with E-state index in [1.54, 1.807) is 0 Å². The molecule has 6 heteroatoms. The van der Waals surface area contributed by atoms with E-state index in [0.717, 1.165) is 12.8 Å². The number of H-pyrrole nitrogens is 1. The van der Waals surface area contributed by atoms with Gasteiger partial charge in [-0.3, -0.25) is 9.89 Å². The monoisotopic (exact) mass is 239 g/mol. The van der Waals surface area contributed by atoms with Gasteiger partial charge in [0.15, 0.2) is 0 Å². The fourth-order valence-corrected chi connectivity index (χ4v) is 1.55. The highest BCUT2D eigenvalue weighted by Gasteiger charge is 2.18. The highest BCUT2D eigenvalue weighted by Crippen LogP contribution is 2.25. The third-order valence-corrected chi connectivity index (χ3v) is 2.77. The van der Waals surface area contributed by atoms with Gasteiger partial charge in [0.2, 0.25) is 5.91 Å². The maximum Gasteiger partial charge on any atom is 0.220 e. The number of aromatic amines is 1. The Kier molecular flexibility index (Phi) is 5.09. The van der Waals surface area contributed by atoms with Crippen LogP contribution in [0.3, 0.4) is 0 Å². The average Bonchev–Trinajstić information content (AvgIpc) is 2.76. The minimum Gasteiger partial charge on any atom is -0.349 e. The summed E-state index contributed by atoms with van der Waals surface area (Å²) in [5.41, 5.74) is 5.65. The number of nitrogens with two attached hydrogens (primary N) is 1. The predicted molar refractivity (Wildman–Crippen MR) is 64.9 cm³/mol. The minimum absolute atomic E-state index is 0.0338. The summed E-state index contributed by atoms with van der Waals surface area (Å²) < 4.78 is 0. The second-order valence-electron chi connectivity index (χ2n) is 4.91. The van der Waals surface area contributed by atoms with Crippen LogP contribution in [0.1, 0.15) is 38.9 Å². The summed E-state index contributed by atoms with van der Waals surface area (Å²) in [5.74, 6) is 0.700. The minimum atomic E-state index is 0.0338. The molecule has 0 aliphatic rings. The summed E-state index contributed by atoms with van der Waals surface area (Å²) in [4.78, 5) is 15.5. The van der Waals surface area contributed by atoms with Gasteiger partial charge in [-0.1, -0.05) is 13.8 Å². The molecule has 0 saturated heterocycles. The lowest BCUT2D eigenvalue weighted by Crippen LogP contribution is -2.26. The van der Waals surface area contributed by atoms with E-state index in [-0.39, 0.29) is 11.3 Å². The van der Waals surface area contributed by atoms with Crippen molar-refractivity contribution >= 4 is 5.91 Å². The van der Waals surface area contributed by atoms with Crippen molar-refractivity contribution in [3.8, 4) is 0 Å². The number of hydrogen-bond donors (Lipinski definition) is 3. The topological polar surface area (TPSA) is 96.7 Å². The van der Waals surface area contributed by atoms with Crippen molar-refractivity contribution in [3.05, 3.63) is 12.2 Å². The number of carbonyl (C=O) groups is 1. The van der Waals surface area contributed by atoms with Gasteiger partial charge in [0.1, 0.15) is 12.2 Å². The van der Waals surface area contributed by atoms with Gasteiger partial charge in [-0.15, -0.1) is 0 Å².